The summed E-state index contributed by atoms with van der Waals surface area (Å²) in [6.45, 7) is 24.6. The molecule has 0 aromatic heterocycles. The fourth-order valence-electron chi connectivity index (χ4n) is 8.42. The topological polar surface area (TPSA) is 59.1 Å². The Morgan fingerprint density at radius 1 is 0.525 bits per heavy atom. The largest absolute Gasteiger partial charge is 0.462 e. The summed E-state index contributed by atoms with van der Waals surface area (Å²) in [4.78, 5) is 30.0. The van der Waals surface area contributed by atoms with E-state index in [1.807, 2.05) is 0 Å². The van der Waals surface area contributed by atoms with Crippen LogP contribution < -0.4 is 0 Å². The van der Waals surface area contributed by atoms with Crippen LogP contribution in [0.4, 0.5) is 0 Å². The second-order valence-electron chi connectivity index (χ2n) is 15.1. The number of rotatable bonds is 15. The van der Waals surface area contributed by atoms with Crippen LogP contribution >= 0.6 is 0 Å². The Hall–Kier alpha value is -1.14. The summed E-state index contributed by atoms with van der Waals surface area (Å²) in [6.07, 6.45) is 13.4. The SMILES string of the molecule is CCN1C(C)(C)CC(OC(=O)CCCCCCCCCCC(=O)OC2CC(C)(C)N(CC)C(C)(C)C2)CC1(C)C. The van der Waals surface area contributed by atoms with Gasteiger partial charge in [0.1, 0.15) is 12.2 Å². The van der Waals surface area contributed by atoms with E-state index < -0.39 is 0 Å². The molecule has 2 aliphatic heterocycles. The van der Waals surface area contributed by atoms with Crippen LogP contribution in [0.25, 0.3) is 0 Å². The average Bonchev–Trinajstić information content (AvgIpc) is 2.77. The smallest absolute Gasteiger partial charge is 0.306 e. The molecule has 0 atom stereocenters. The van der Waals surface area contributed by atoms with E-state index in [4.69, 9.17) is 9.47 Å². The summed E-state index contributed by atoms with van der Waals surface area (Å²) >= 11 is 0. The van der Waals surface area contributed by atoms with Gasteiger partial charge in [-0.1, -0.05) is 52.4 Å². The molecule has 40 heavy (non-hydrogen) atoms. The zero-order valence-electron chi connectivity index (χ0n) is 28.0. The van der Waals surface area contributed by atoms with Crippen molar-refractivity contribution in [3.05, 3.63) is 0 Å². The highest BCUT2D eigenvalue weighted by Crippen LogP contribution is 2.40. The fourth-order valence-corrected chi connectivity index (χ4v) is 8.42. The standard InChI is InChI=1S/C34H64N2O4/c1-11-35-31(3,4)23-27(24-32(35,5)6)39-29(37)21-19-17-15-13-14-16-18-20-22-30(38)40-28-25-33(7,8)36(12-2)34(9,10)26-28/h27-28H,11-26H2,1-10H3. The highest BCUT2D eigenvalue weighted by Gasteiger charge is 2.46. The zero-order chi connectivity index (χ0) is 30.2. The predicted octanol–water partition coefficient (Wildman–Crippen LogP) is 8.06. The monoisotopic (exact) mass is 564 g/mol. The lowest BCUT2D eigenvalue weighted by molar-refractivity contribution is -0.161. The normalized spacial score (nSPS) is 23.1. The molecule has 2 heterocycles. The van der Waals surface area contributed by atoms with Gasteiger partial charge in [-0.25, -0.2) is 0 Å². The Labute approximate surface area is 247 Å². The van der Waals surface area contributed by atoms with E-state index in [0.717, 1.165) is 77.3 Å². The van der Waals surface area contributed by atoms with Gasteiger partial charge < -0.3 is 9.47 Å². The van der Waals surface area contributed by atoms with E-state index >= 15 is 0 Å². The second-order valence-corrected chi connectivity index (χ2v) is 15.1. The van der Waals surface area contributed by atoms with Crippen LogP contribution in [0.3, 0.4) is 0 Å². The summed E-state index contributed by atoms with van der Waals surface area (Å²) in [6, 6.07) is 0. The Morgan fingerprint density at radius 3 is 1.02 bits per heavy atom. The maximum atomic E-state index is 12.5. The number of unbranched alkanes of at least 4 members (excludes halogenated alkanes) is 7. The lowest BCUT2D eigenvalue weighted by Gasteiger charge is -2.54. The molecular formula is C34H64N2O4. The average molecular weight is 565 g/mol. The van der Waals surface area contributed by atoms with Crippen molar-refractivity contribution in [2.75, 3.05) is 13.1 Å². The first-order chi connectivity index (χ1) is 18.5. The van der Waals surface area contributed by atoms with Gasteiger partial charge >= 0.3 is 11.9 Å². The lowest BCUT2D eigenvalue weighted by atomic mass is 9.78. The first kappa shape index (κ1) is 35.1. The van der Waals surface area contributed by atoms with Gasteiger partial charge in [0.25, 0.3) is 0 Å². The fraction of sp³-hybridized carbons (Fsp3) is 0.941. The van der Waals surface area contributed by atoms with Crippen LogP contribution in [0.5, 0.6) is 0 Å². The van der Waals surface area contributed by atoms with E-state index in [0.29, 0.717) is 12.8 Å². The van der Waals surface area contributed by atoms with Crippen molar-refractivity contribution < 1.29 is 19.1 Å². The van der Waals surface area contributed by atoms with Crippen LogP contribution in [-0.2, 0) is 19.1 Å². The molecule has 0 bridgehead atoms. The molecule has 0 spiro atoms. The van der Waals surface area contributed by atoms with Crippen LogP contribution in [0, 0.1) is 0 Å². The molecular weight excluding hydrogens is 500 g/mol. The molecule has 2 aliphatic rings. The molecule has 0 unspecified atom stereocenters. The van der Waals surface area contributed by atoms with Gasteiger partial charge in [0.15, 0.2) is 0 Å². The Balaban J connectivity index is 1.51. The maximum Gasteiger partial charge on any atom is 0.306 e. The number of ether oxygens (including phenoxy) is 2. The quantitative estimate of drug-likeness (QED) is 0.148. The summed E-state index contributed by atoms with van der Waals surface area (Å²) < 4.78 is 11.8. The van der Waals surface area contributed by atoms with Crippen molar-refractivity contribution >= 4 is 11.9 Å². The number of carbonyl (C=O) groups excluding carboxylic acids is 2. The van der Waals surface area contributed by atoms with Crippen LogP contribution in [0.2, 0.25) is 0 Å². The van der Waals surface area contributed by atoms with Crippen molar-refractivity contribution in [3.63, 3.8) is 0 Å². The minimum absolute atomic E-state index is 0.0188. The molecule has 0 aromatic rings. The van der Waals surface area contributed by atoms with Crippen molar-refractivity contribution in [3.8, 4) is 0 Å². The zero-order valence-corrected chi connectivity index (χ0v) is 28.0. The van der Waals surface area contributed by atoms with Crippen LogP contribution in [0.15, 0.2) is 0 Å². The second kappa shape index (κ2) is 14.8. The number of esters is 2. The Morgan fingerprint density at radius 2 is 0.775 bits per heavy atom. The number of carbonyl (C=O) groups is 2. The van der Waals surface area contributed by atoms with E-state index in [-0.39, 0.29) is 46.3 Å². The number of hydrogen-bond acceptors (Lipinski definition) is 6. The molecule has 6 heteroatoms. The van der Waals surface area contributed by atoms with Crippen molar-refractivity contribution in [1.29, 1.82) is 0 Å². The molecule has 2 saturated heterocycles. The van der Waals surface area contributed by atoms with Crippen LogP contribution in [-0.4, -0.2) is 69.2 Å². The molecule has 6 nitrogen and oxygen atoms in total. The highest BCUT2D eigenvalue weighted by atomic mass is 16.5. The molecule has 0 N–H and O–H groups in total. The minimum Gasteiger partial charge on any atom is -0.462 e. The van der Waals surface area contributed by atoms with Crippen molar-refractivity contribution in [1.82, 2.24) is 9.80 Å². The summed E-state index contributed by atoms with van der Waals surface area (Å²) in [5, 5.41) is 0. The third-order valence-corrected chi connectivity index (χ3v) is 9.57. The number of piperidine rings is 2. The maximum absolute atomic E-state index is 12.5. The van der Waals surface area contributed by atoms with Gasteiger partial charge in [-0.2, -0.15) is 0 Å². The van der Waals surface area contributed by atoms with Crippen LogP contribution in [0.1, 0.15) is 159 Å². The van der Waals surface area contributed by atoms with Gasteiger partial charge in [0.05, 0.1) is 0 Å². The van der Waals surface area contributed by atoms with E-state index in [1.54, 1.807) is 0 Å². The first-order valence-electron chi connectivity index (χ1n) is 16.5. The molecule has 0 saturated carbocycles. The van der Waals surface area contributed by atoms with E-state index in [2.05, 4.69) is 79.0 Å². The Kier molecular flexibility index (Phi) is 13.0. The molecule has 0 aromatic carbocycles. The number of likely N-dealkylation sites (tertiary alicyclic amines) is 2. The lowest BCUT2D eigenvalue weighted by Crippen LogP contribution is -2.62. The van der Waals surface area contributed by atoms with Crippen molar-refractivity contribution in [2.24, 2.45) is 0 Å². The van der Waals surface area contributed by atoms with Gasteiger partial charge in [-0.05, 0) is 81.3 Å². The summed E-state index contributed by atoms with van der Waals surface area (Å²) in [5.41, 5.74) is 0.176. The third-order valence-electron chi connectivity index (χ3n) is 9.57. The number of hydrogen-bond donors (Lipinski definition) is 0. The highest BCUT2D eigenvalue weighted by molar-refractivity contribution is 5.69. The summed E-state index contributed by atoms with van der Waals surface area (Å²) in [5.74, 6) is -0.0621. The molecule has 2 rings (SSSR count). The molecule has 234 valence electrons. The molecule has 0 radical (unpaired) electrons. The molecule has 2 fully saturated rings. The predicted molar refractivity (Wildman–Crippen MR) is 165 cm³/mol. The molecule has 0 aliphatic carbocycles. The Bertz CT molecular complexity index is 702. The van der Waals surface area contributed by atoms with Gasteiger partial charge in [-0.3, -0.25) is 19.4 Å². The molecule has 0 amide bonds. The van der Waals surface area contributed by atoms with E-state index in [1.165, 1.54) is 12.8 Å². The third kappa shape index (κ3) is 10.3. The minimum atomic E-state index is -0.0310. The van der Waals surface area contributed by atoms with Gasteiger partial charge in [0.2, 0.25) is 0 Å². The summed E-state index contributed by atoms with van der Waals surface area (Å²) in [7, 11) is 0. The van der Waals surface area contributed by atoms with Gasteiger partial charge in [-0.15, -0.1) is 0 Å². The first-order valence-corrected chi connectivity index (χ1v) is 16.5. The number of nitrogens with zero attached hydrogens (tertiary/aromatic N) is 2. The van der Waals surface area contributed by atoms with E-state index in [9.17, 15) is 9.59 Å². The van der Waals surface area contributed by atoms with Crippen molar-refractivity contribution in [2.45, 2.75) is 193 Å². The van der Waals surface area contributed by atoms with Gasteiger partial charge in [0, 0.05) is 60.7 Å².